The molecule has 1 saturated carbocycles. The molecular formula is C19H17ClN4O2S2. The van der Waals surface area contributed by atoms with Gasteiger partial charge in [-0.15, -0.1) is 21.5 Å². The van der Waals surface area contributed by atoms with E-state index in [0.717, 1.165) is 46.0 Å². The standard InChI is InChI=1S/C19H17ClN4O2S2/c20-15-12-6-2-3-7-13(12)28-16(15)17-23-24-18(26-17)27-10-14(25)22-19(11-21)8-4-1-5-9-19/h2-3,6-7H,1,4-5,8-10H2,(H,22,25). The molecule has 6 nitrogen and oxygen atoms in total. The van der Waals surface area contributed by atoms with Crippen molar-refractivity contribution >= 4 is 50.7 Å². The molecule has 0 aliphatic heterocycles. The molecule has 0 radical (unpaired) electrons. The minimum atomic E-state index is -0.736. The number of nitrogens with one attached hydrogen (secondary N) is 1. The third-order valence-corrected chi connectivity index (χ3v) is 7.24. The number of halogens is 1. The van der Waals surface area contributed by atoms with Crippen LogP contribution in [0, 0.1) is 11.3 Å². The van der Waals surface area contributed by atoms with Crippen LogP contribution in [0.25, 0.3) is 20.9 Å². The van der Waals surface area contributed by atoms with Crippen LogP contribution in [0.4, 0.5) is 0 Å². The zero-order valence-electron chi connectivity index (χ0n) is 14.9. The average molecular weight is 433 g/mol. The van der Waals surface area contributed by atoms with Crippen LogP contribution in [-0.2, 0) is 4.79 Å². The Hall–Kier alpha value is -2.08. The van der Waals surface area contributed by atoms with E-state index >= 15 is 0 Å². The van der Waals surface area contributed by atoms with Gasteiger partial charge in [-0.25, -0.2) is 0 Å². The third-order valence-electron chi connectivity index (χ3n) is 4.76. The van der Waals surface area contributed by atoms with Crippen LogP contribution in [0.3, 0.4) is 0 Å². The van der Waals surface area contributed by atoms with Crippen molar-refractivity contribution in [1.82, 2.24) is 15.5 Å². The maximum absolute atomic E-state index is 12.3. The number of carbonyl (C=O) groups is 1. The minimum absolute atomic E-state index is 0.116. The Morgan fingerprint density at radius 1 is 1.32 bits per heavy atom. The average Bonchev–Trinajstić information content (AvgIpc) is 3.32. The van der Waals surface area contributed by atoms with E-state index in [1.54, 1.807) is 0 Å². The van der Waals surface area contributed by atoms with Gasteiger partial charge in [0.2, 0.25) is 5.91 Å². The van der Waals surface area contributed by atoms with Crippen molar-refractivity contribution in [2.45, 2.75) is 42.9 Å². The first kappa shape index (κ1) is 19.2. The number of fused-ring (bicyclic) bond motifs is 1. The van der Waals surface area contributed by atoms with E-state index < -0.39 is 5.54 Å². The molecule has 2 heterocycles. The predicted octanol–water partition coefficient (Wildman–Crippen LogP) is 5.04. The number of hydrogen-bond donors (Lipinski definition) is 1. The van der Waals surface area contributed by atoms with Crippen molar-refractivity contribution in [2.24, 2.45) is 0 Å². The molecule has 1 aliphatic carbocycles. The lowest BCUT2D eigenvalue weighted by molar-refractivity contribution is -0.120. The number of aromatic nitrogens is 2. The minimum Gasteiger partial charge on any atom is -0.410 e. The number of thiophene rings is 1. The second kappa shape index (κ2) is 8.11. The molecule has 0 spiro atoms. The van der Waals surface area contributed by atoms with Gasteiger partial charge in [-0.3, -0.25) is 4.79 Å². The maximum Gasteiger partial charge on any atom is 0.277 e. The number of amides is 1. The summed E-state index contributed by atoms with van der Waals surface area (Å²) in [5, 5.41) is 22.3. The molecule has 3 aromatic rings. The molecule has 4 rings (SSSR count). The molecular weight excluding hydrogens is 416 g/mol. The van der Waals surface area contributed by atoms with Gasteiger partial charge in [-0.05, 0) is 18.9 Å². The van der Waals surface area contributed by atoms with E-state index in [4.69, 9.17) is 16.0 Å². The van der Waals surface area contributed by atoms with E-state index in [0.29, 0.717) is 29.0 Å². The smallest absolute Gasteiger partial charge is 0.277 e. The quantitative estimate of drug-likeness (QED) is 0.568. The van der Waals surface area contributed by atoms with Crippen molar-refractivity contribution in [2.75, 3.05) is 5.75 Å². The summed E-state index contributed by atoms with van der Waals surface area (Å²) >= 11 is 9.09. The summed E-state index contributed by atoms with van der Waals surface area (Å²) in [6.45, 7) is 0. The van der Waals surface area contributed by atoms with E-state index in [1.165, 1.54) is 11.3 Å². The number of thioether (sulfide) groups is 1. The zero-order valence-corrected chi connectivity index (χ0v) is 17.3. The van der Waals surface area contributed by atoms with Crippen molar-refractivity contribution in [3.63, 3.8) is 0 Å². The lowest BCUT2D eigenvalue weighted by Crippen LogP contribution is -2.49. The summed E-state index contributed by atoms with van der Waals surface area (Å²) in [7, 11) is 0. The molecule has 2 aromatic heterocycles. The molecule has 9 heteroatoms. The Balaban J connectivity index is 1.41. The first-order chi connectivity index (χ1) is 13.6. The van der Waals surface area contributed by atoms with Crippen LogP contribution in [0.5, 0.6) is 0 Å². The number of nitrogens with zero attached hydrogens (tertiary/aromatic N) is 3. The van der Waals surface area contributed by atoms with Gasteiger partial charge in [0.15, 0.2) is 0 Å². The third kappa shape index (κ3) is 3.88. The summed E-state index contributed by atoms with van der Waals surface area (Å²) in [6, 6.07) is 10.1. The number of benzene rings is 1. The second-order valence-corrected chi connectivity index (χ2v) is 9.06. The molecule has 0 unspecified atom stereocenters. The number of rotatable bonds is 5. The van der Waals surface area contributed by atoms with Gasteiger partial charge < -0.3 is 9.73 Å². The van der Waals surface area contributed by atoms with Crippen LogP contribution in [0.2, 0.25) is 5.02 Å². The Bertz CT molecular complexity index is 1050. The first-order valence-electron chi connectivity index (χ1n) is 8.96. The summed E-state index contributed by atoms with van der Waals surface area (Å²) in [5.74, 6) is 0.258. The lowest BCUT2D eigenvalue weighted by Gasteiger charge is -2.31. The highest BCUT2D eigenvalue weighted by molar-refractivity contribution is 7.99. The Kier molecular flexibility index (Phi) is 5.58. The Morgan fingerprint density at radius 2 is 2.11 bits per heavy atom. The monoisotopic (exact) mass is 432 g/mol. The van der Waals surface area contributed by atoms with E-state index in [1.807, 2.05) is 24.3 Å². The predicted molar refractivity (Wildman–Crippen MR) is 110 cm³/mol. The second-order valence-electron chi connectivity index (χ2n) is 6.71. The van der Waals surface area contributed by atoms with E-state index in [-0.39, 0.29) is 11.7 Å². The summed E-state index contributed by atoms with van der Waals surface area (Å²) in [6.07, 6.45) is 4.44. The van der Waals surface area contributed by atoms with Gasteiger partial charge in [-0.2, -0.15) is 5.26 Å². The summed E-state index contributed by atoms with van der Waals surface area (Å²) in [5.41, 5.74) is -0.736. The fraction of sp³-hybridized carbons (Fsp3) is 0.368. The number of carbonyl (C=O) groups excluding carboxylic acids is 1. The van der Waals surface area contributed by atoms with E-state index in [2.05, 4.69) is 21.6 Å². The van der Waals surface area contributed by atoms with Crippen LogP contribution in [0.1, 0.15) is 32.1 Å². The summed E-state index contributed by atoms with van der Waals surface area (Å²) in [4.78, 5) is 13.0. The largest absolute Gasteiger partial charge is 0.410 e. The fourth-order valence-corrected chi connectivity index (χ4v) is 5.36. The molecule has 1 N–H and O–H groups in total. The molecule has 0 saturated heterocycles. The van der Waals surface area contributed by atoms with Crippen LogP contribution >= 0.6 is 34.7 Å². The van der Waals surface area contributed by atoms with Crippen LogP contribution in [0.15, 0.2) is 33.9 Å². The van der Waals surface area contributed by atoms with Gasteiger partial charge in [0.1, 0.15) is 10.4 Å². The molecule has 0 atom stereocenters. The maximum atomic E-state index is 12.3. The van der Waals surface area contributed by atoms with Crippen molar-refractivity contribution < 1.29 is 9.21 Å². The highest BCUT2D eigenvalue weighted by atomic mass is 35.5. The van der Waals surface area contributed by atoms with Gasteiger partial charge in [0, 0.05) is 10.1 Å². The highest BCUT2D eigenvalue weighted by Gasteiger charge is 2.33. The van der Waals surface area contributed by atoms with Gasteiger partial charge in [0.25, 0.3) is 11.1 Å². The Labute approximate surface area is 175 Å². The Morgan fingerprint density at radius 3 is 2.86 bits per heavy atom. The van der Waals surface area contributed by atoms with Gasteiger partial charge in [-0.1, -0.05) is 60.8 Å². The van der Waals surface area contributed by atoms with Gasteiger partial charge in [0.05, 0.1) is 16.8 Å². The molecule has 1 aromatic carbocycles. The highest BCUT2D eigenvalue weighted by Crippen LogP contribution is 2.41. The van der Waals surface area contributed by atoms with E-state index in [9.17, 15) is 10.1 Å². The molecule has 1 aliphatic rings. The van der Waals surface area contributed by atoms with Crippen molar-refractivity contribution in [3.05, 3.63) is 29.3 Å². The number of nitriles is 1. The normalized spacial score (nSPS) is 16.0. The lowest BCUT2D eigenvalue weighted by atomic mass is 9.83. The van der Waals surface area contributed by atoms with Crippen molar-refractivity contribution in [3.8, 4) is 16.8 Å². The fourth-order valence-electron chi connectivity index (χ4n) is 3.36. The van der Waals surface area contributed by atoms with Gasteiger partial charge >= 0.3 is 0 Å². The van der Waals surface area contributed by atoms with Crippen LogP contribution < -0.4 is 5.32 Å². The zero-order chi connectivity index (χ0) is 19.6. The van der Waals surface area contributed by atoms with Crippen molar-refractivity contribution in [1.29, 1.82) is 5.26 Å². The summed E-state index contributed by atoms with van der Waals surface area (Å²) < 4.78 is 6.74. The molecule has 1 fully saturated rings. The molecule has 1 amide bonds. The first-order valence-corrected chi connectivity index (χ1v) is 11.1. The SMILES string of the molecule is N#CC1(NC(=O)CSc2nnc(-c3sc4ccccc4c3Cl)o2)CCCCC1. The molecule has 28 heavy (non-hydrogen) atoms. The number of hydrogen-bond acceptors (Lipinski definition) is 7. The van der Waals surface area contributed by atoms with Crippen LogP contribution in [-0.4, -0.2) is 27.4 Å². The topological polar surface area (TPSA) is 91.8 Å². The molecule has 0 bridgehead atoms. The molecule has 144 valence electrons.